The minimum atomic E-state index is 0.182. The zero-order valence-corrected chi connectivity index (χ0v) is 6.79. The number of ketones is 1. The molecule has 0 aliphatic carbocycles. The van der Waals surface area contributed by atoms with Gasteiger partial charge in [-0.15, -0.1) is 0 Å². The van der Waals surface area contributed by atoms with Crippen LogP contribution in [0.25, 0.3) is 0 Å². The maximum atomic E-state index is 10.7. The molecule has 1 rings (SSSR count). The van der Waals surface area contributed by atoms with Crippen LogP contribution in [-0.4, -0.2) is 10.8 Å². The van der Waals surface area contributed by atoms with Crippen molar-refractivity contribution in [1.82, 2.24) is 4.98 Å². The van der Waals surface area contributed by atoms with Crippen molar-refractivity contribution in [1.29, 1.82) is 0 Å². The molecule has 0 atom stereocenters. The highest BCUT2D eigenvalue weighted by Crippen LogP contribution is 2.05. The smallest absolute Gasteiger partial charge is 0.134 e. The summed E-state index contributed by atoms with van der Waals surface area (Å²) in [6, 6.07) is 1.91. The summed E-state index contributed by atoms with van der Waals surface area (Å²) in [6.45, 7) is 3.58. The van der Waals surface area contributed by atoms with Crippen LogP contribution in [0.3, 0.4) is 0 Å². The first kappa shape index (κ1) is 7.92. The van der Waals surface area contributed by atoms with Crippen LogP contribution in [0, 0.1) is 6.92 Å². The van der Waals surface area contributed by atoms with Gasteiger partial charge in [0, 0.05) is 18.8 Å². The van der Waals surface area contributed by atoms with Gasteiger partial charge in [-0.1, -0.05) is 0 Å². The summed E-state index contributed by atoms with van der Waals surface area (Å²) in [7, 11) is 0. The number of carbonyl (C=O) groups is 1. The van der Waals surface area contributed by atoms with E-state index in [1.807, 2.05) is 13.0 Å². The summed E-state index contributed by atoms with van der Waals surface area (Å²) < 4.78 is 0. The van der Waals surface area contributed by atoms with E-state index < -0.39 is 0 Å². The molecule has 0 saturated heterocycles. The van der Waals surface area contributed by atoms with Gasteiger partial charge in [-0.3, -0.25) is 9.78 Å². The molecule has 0 amide bonds. The number of rotatable bonds is 2. The fourth-order valence-electron chi connectivity index (χ4n) is 0.950. The van der Waals surface area contributed by atoms with Gasteiger partial charge < -0.3 is 0 Å². The molecular formula is C9H11NO. The van der Waals surface area contributed by atoms with Crippen LogP contribution >= 0.6 is 0 Å². The van der Waals surface area contributed by atoms with Gasteiger partial charge in [0.05, 0.1) is 0 Å². The first-order chi connectivity index (χ1) is 5.20. The zero-order chi connectivity index (χ0) is 8.27. The number of aromatic nitrogens is 1. The van der Waals surface area contributed by atoms with Crippen LogP contribution in [0.4, 0.5) is 0 Å². The lowest BCUT2D eigenvalue weighted by atomic mass is 10.1. The standard InChI is InChI=1S/C9H11NO/c1-7-3-4-10-6-9(7)5-8(2)11/h3-4,6H,5H2,1-2H3. The molecule has 0 radical (unpaired) electrons. The Morgan fingerprint density at radius 2 is 2.36 bits per heavy atom. The second kappa shape index (κ2) is 3.28. The van der Waals surface area contributed by atoms with Crippen molar-refractivity contribution in [2.45, 2.75) is 20.3 Å². The molecule has 0 aliphatic heterocycles. The third-order valence-corrected chi connectivity index (χ3v) is 1.59. The van der Waals surface area contributed by atoms with E-state index >= 15 is 0 Å². The van der Waals surface area contributed by atoms with Crippen LogP contribution in [0.5, 0.6) is 0 Å². The summed E-state index contributed by atoms with van der Waals surface area (Å²) >= 11 is 0. The van der Waals surface area contributed by atoms with Crippen LogP contribution in [-0.2, 0) is 11.2 Å². The van der Waals surface area contributed by atoms with E-state index in [-0.39, 0.29) is 5.78 Å². The molecule has 0 N–H and O–H groups in total. The fourth-order valence-corrected chi connectivity index (χ4v) is 0.950. The van der Waals surface area contributed by atoms with Crippen LogP contribution in [0.15, 0.2) is 18.5 Å². The van der Waals surface area contributed by atoms with Crippen molar-refractivity contribution >= 4 is 5.78 Å². The van der Waals surface area contributed by atoms with Gasteiger partial charge in [0.1, 0.15) is 5.78 Å². The molecule has 2 heteroatoms. The van der Waals surface area contributed by atoms with Gasteiger partial charge in [0.15, 0.2) is 0 Å². The van der Waals surface area contributed by atoms with Gasteiger partial charge in [-0.25, -0.2) is 0 Å². The fraction of sp³-hybridized carbons (Fsp3) is 0.333. The molecule has 0 fully saturated rings. The number of hydrogen-bond acceptors (Lipinski definition) is 2. The highest BCUT2D eigenvalue weighted by molar-refractivity contribution is 5.78. The monoisotopic (exact) mass is 149 g/mol. The van der Waals surface area contributed by atoms with E-state index in [9.17, 15) is 4.79 Å². The van der Waals surface area contributed by atoms with Crippen LogP contribution < -0.4 is 0 Å². The number of Topliss-reactive ketones (excluding diaryl/α,β-unsaturated/α-hetero) is 1. The number of hydrogen-bond donors (Lipinski definition) is 0. The van der Waals surface area contributed by atoms with Crippen LogP contribution in [0.2, 0.25) is 0 Å². The van der Waals surface area contributed by atoms with Gasteiger partial charge in [0.2, 0.25) is 0 Å². The van der Waals surface area contributed by atoms with Crippen molar-refractivity contribution in [3.8, 4) is 0 Å². The van der Waals surface area contributed by atoms with E-state index in [2.05, 4.69) is 4.98 Å². The molecule has 1 aromatic rings. The SMILES string of the molecule is CC(=O)Cc1cnccc1C. The lowest BCUT2D eigenvalue weighted by Crippen LogP contribution is -1.98. The molecule has 0 spiro atoms. The minimum Gasteiger partial charge on any atom is -0.300 e. The molecular weight excluding hydrogens is 138 g/mol. The average Bonchev–Trinajstić information content (AvgIpc) is 1.93. The second-order valence-electron chi connectivity index (χ2n) is 2.68. The predicted molar refractivity (Wildman–Crippen MR) is 43.4 cm³/mol. The van der Waals surface area contributed by atoms with E-state index in [0.717, 1.165) is 11.1 Å². The highest BCUT2D eigenvalue weighted by Gasteiger charge is 1.99. The molecule has 0 saturated carbocycles. The Hall–Kier alpha value is -1.18. The Morgan fingerprint density at radius 3 is 2.91 bits per heavy atom. The molecule has 0 aromatic carbocycles. The number of carbonyl (C=O) groups excluding carboxylic acids is 1. The molecule has 1 aromatic heterocycles. The lowest BCUT2D eigenvalue weighted by molar-refractivity contribution is -0.116. The van der Waals surface area contributed by atoms with Crippen molar-refractivity contribution in [3.63, 3.8) is 0 Å². The number of pyridine rings is 1. The van der Waals surface area contributed by atoms with Crippen molar-refractivity contribution < 1.29 is 4.79 Å². The minimum absolute atomic E-state index is 0.182. The Labute approximate surface area is 66.3 Å². The normalized spacial score (nSPS) is 9.64. The quantitative estimate of drug-likeness (QED) is 0.638. The summed E-state index contributed by atoms with van der Waals surface area (Å²) in [5.74, 6) is 0.182. The molecule has 2 nitrogen and oxygen atoms in total. The van der Waals surface area contributed by atoms with Gasteiger partial charge in [-0.05, 0) is 31.0 Å². The summed E-state index contributed by atoms with van der Waals surface area (Å²) in [4.78, 5) is 14.7. The third kappa shape index (κ3) is 2.15. The maximum absolute atomic E-state index is 10.7. The summed E-state index contributed by atoms with van der Waals surface area (Å²) in [5, 5.41) is 0. The van der Waals surface area contributed by atoms with Gasteiger partial charge in [0.25, 0.3) is 0 Å². The third-order valence-electron chi connectivity index (χ3n) is 1.59. The average molecular weight is 149 g/mol. The molecule has 0 unspecified atom stereocenters. The van der Waals surface area contributed by atoms with Gasteiger partial charge >= 0.3 is 0 Å². The predicted octanol–water partition coefficient (Wildman–Crippen LogP) is 1.52. The Morgan fingerprint density at radius 1 is 1.64 bits per heavy atom. The van der Waals surface area contributed by atoms with Crippen molar-refractivity contribution in [3.05, 3.63) is 29.6 Å². The topological polar surface area (TPSA) is 30.0 Å². The lowest BCUT2D eigenvalue weighted by Gasteiger charge is -1.99. The van der Waals surface area contributed by atoms with Gasteiger partial charge in [-0.2, -0.15) is 0 Å². The van der Waals surface area contributed by atoms with E-state index in [4.69, 9.17) is 0 Å². The number of aryl methyl sites for hydroxylation is 1. The van der Waals surface area contributed by atoms with Crippen molar-refractivity contribution in [2.24, 2.45) is 0 Å². The van der Waals surface area contributed by atoms with Crippen molar-refractivity contribution in [2.75, 3.05) is 0 Å². The summed E-state index contributed by atoms with van der Waals surface area (Å²) in [6.07, 6.45) is 3.98. The molecule has 11 heavy (non-hydrogen) atoms. The molecule has 0 aliphatic rings. The first-order valence-electron chi connectivity index (χ1n) is 3.59. The molecule has 58 valence electrons. The second-order valence-corrected chi connectivity index (χ2v) is 2.68. The largest absolute Gasteiger partial charge is 0.300 e. The summed E-state index contributed by atoms with van der Waals surface area (Å²) in [5.41, 5.74) is 2.16. The maximum Gasteiger partial charge on any atom is 0.134 e. The Balaban J connectivity index is 2.86. The van der Waals surface area contributed by atoms with Crippen LogP contribution in [0.1, 0.15) is 18.1 Å². The highest BCUT2D eigenvalue weighted by atomic mass is 16.1. The molecule has 1 heterocycles. The first-order valence-corrected chi connectivity index (χ1v) is 3.59. The van der Waals surface area contributed by atoms with E-state index in [0.29, 0.717) is 6.42 Å². The van der Waals surface area contributed by atoms with E-state index in [1.54, 1.807) is 19.3 Å². The Kier molecular flexibility index (Phi) is 2.36. The van der Waals surface area contributed by atoms with E-state index in [1.165, 1.54) is 0 Å². The molecule has 0 bridgehead atoms. The zero-order valence-electron chi connectivity index (χ0n) is 6.79. The number of nitrogens with zero attached hydrogens (tertiary/aromatic N) is 1. The Bertz CT molecular complexity index is 268.